The molecular weight excluding hydrogens is 352 g/mol. The Hall–Kier alpha value is -3.27. The maximum atomic E-state index is 12.9. The zero-order valence-electron chi connectivity index (χ0n) is 15.7. The number of hydrogen-bond donors (Lipinski definition) is 0. The number of carbonyl (C=O) groups is 1. The van der Waals surface area contributed by atoms with E-state index in [4.69, 9.17) is 14.2 Å². The third kappa shape index (κ3) is 4.01. The minimum absolute atomic E-state index is 0.227. The quantitative estimate of drug-likeness (QED) is 0.574. The average Bonchev–Trinajstić information content (AvgIpc) is 3.21. The minimum atomic E-state index is -0.422. The molecule has 0 bridgehead atoms. The molecule has 1 unspecified atom stereocenters. The number of carbonyl (C=O) groups excluding carboxylic acids is 1. The van der Waals surface area contributed by atoms with Crippen LogP contribution in [0.2, 0.25) is 0 Å². The van der Waals surface area contributed by atoms with Crippen molar-refractivity contribution in [1.29, 1.82) is 0 Å². The first kappa shape index (κ1) is 18.1. The van der Waals surface area contributed by atoms with Gasteiger partial charge in [0.1, 0.15) is 0 Å². The molecule has 1 atom stereocenters. The van der Waals surface area contributed by atoms with Crippen LogP contribution < -0.4 is 9.47 Å². The van der Waals surface area contributed by atoms with Crippen LogP contribution in [-0.4, -0.2) is 12.8 Å². The predicted octanol–water partition coefficient (Wildman–Crippen LogP) is 4.93. The van der Waals surface area contributed by atoms with Crippen molar-refractivity contribution in [2.45, 2.75) is 19.4 Å². The molecule has 3 aromatic carbocycles. The lowest BCUT2D eigenvalue weighted by Gasteiger charge is -2.21. The maximum absolute atomic E-state index is 12.9. The summed E-state index contributed by atoms with van der Waals surface area (Å²) in [5.41, 5.74) is 2.93. The van der Waals surface area contributed by atoms with E-state index in [9.17, 15) is 4.79 Å². The number of esters is 1. The van der Waals surface area contributed by atoms with Crippen molar-refractivity contribution in [3.63, 3.8) is 0 Å². The second kappa shape index (κ2) is 8.17. The van der Waals surface area contributed by atoms with E-state index in [0.717, 1.165) is 28.2 Å². The molecule has 1 aliphatic heterocycles. The van der Waals surface area contributed by atoms with Crippen LogP contribution in [0.3, 0.4) is 0 Å². The molecule has 0 aromatic heterocycles. The Bertz CT molecular complexity index is 898. The normalized spacial score (nSPS) is 13.4. The molecule has 0 saturated heterocycles. The number of hydrogen-bond acceptors (Lipinski definition) is 4. The number of rotatable bonds is 6. The van der Waals surface area contributed by atoms with E-state index in [2.05, 4.69) is 0 Å². The fraction of sp³-hybridized carbons (Fsp3) is 0.208. The first-order valence-corrected chi connectivity index (χ1v) is 9.39. The minimum Gasteiger partial charge on any atom is -0.454 e. The molecule has 142 valence electrons. The highest BCUT2D eigenvalue weighted by Crippen LogP contribution is 2.33. The van der Waals surface area contributed by atoms with Gasteiger partial charge in [-0.05, 0) is 35.2 Å². The van der Waals surface area contributed by atoms with Crippen LogP contribution in [0.25, 0.3) is 0 Å². The topological polar surface area (TPSA) is 44.8 Å². The van der Waals surface area contributed by atoms with Crippen LogP contribution in [0, 0.1) is 5.92 Å². The van der Waals surface area contributed by atoms with Crippen molar-refractivity contribution in [3.8, 4) is 11.5 Å². The van der Waals surface area contributed by atoms with Gasteiger partial charge in [-0.2, -0.15) is 0 Å². The summed E-state index contributed by atoms with van der Waals surface area (Å²) in [4.78, 5) is 12.9. The van der Waals surface area contributed by atoms with E-state index in [-0.39, 0.29) is 18.7 Å². The van der Waals surface area contributed by atoms with Gasteiger partial charge in [-0.25, -0.2) is 0 Å². The van der Waals surface area contributed by atoms with E-state index in [0.29, 0.717) is 6.42 Å². The summed E-state index contributed by atoms with van der Waals surface area (Å²) in [6.45, 7) is 2.13. The Morgan fingerprint density at radius 3 is 2.14 bits per heavy atom. The van der Waals surface area contributed by atoms with Crippen molar-refractivity contribution >= 4 is 5.97 Å². The van der Waals surface area contributed by atoms with Gasteiger partial charge in [0.25, 0.3) is 0 Å². The Kier molecular flexibility index (Phi) is 5.29. The molecule has 0 radical (unpaired) electrons. The van der Waals surface area contributed by atoms with E-state index >= 15 is 0 Å². The molecule has 3 aromatic rings. The highest BCUT2D eigenvalue weighted by Gasteiger charge is 2.23. The Labute approximate surface area is 164 Å². The predicted molar refractivity (Wildman–Crippen MR) is 106 cm³/mol. The first-order chi connectivity index (χ1) is 13.7. The van der Waals surface area contributed by atoms with Gasteiger partial charge >= 0.3 is 5.97 Å². The second-order valence-corrected chi connectivity index (χ2v) is 6.93. The molecule has 1 heterocycles. The van der Waals surface area contributed by atoms with E-state index in [1.54, 1.807) is 0 Å². The monoisotopic (exact) mass is 374 g/mol. The van der Waals surface area contributed by atoms with Crippen molar-refractivity contribution in [1.82, 2.24) is 0 Å². The second-order valence-electron chi connectivity index (χ2n) is 6.93. The van der Waals surface area contributed by atoms with E-state index in [1.165, 1.54) is 0 Å². The number of benzene rings is 3. The third-order valence-electron chi connectivity index (χ3n) is 4.82. The van der Waals surface area contributed by atoms with Crippen LogP contribution in [-0.2, 0) is 16.0 Å². The van der Waals surface area contributed by atoms with Gasteiger partial charge in [0, 0.05) is 0 Å². The lowest BCUT2D eigenvalue weighted by Crippen LogP contribution is -2.20. The number of fused-ring (bicyclic) bond motifs is 1. The van der Waals surface area contributed by atoms with Gasteiger partial charge in [0.15, 0.2) is 17.6 Å². The lowest BCUT2D eigenvalue weighted by atomic mass is 9.99. The van der Waals surface area contributed by atoms with Gasteiger partial charge < -0.3 is 14.2 Å². The summed E-state index contributed by atoms with van der Waals surface area (Å²) < 4.78 is 16.7. The molecule has 4 nitrogen and oxygen atoms in total. The van der Waals surface area contributed by atoms with Gasteiger partial charge in [0.2, 0.25) is 6.79 Å². The fourth-order valence-electron chi connectivity index (χ4n) is 3.32. The van der Waals surface area contributed by atoms with Gasteiger partial charge in [-0.3, -0.25) is 4.79 Å². The zero-order chi connectivity index (χ0) is 19.3. The molecule has 28 heavy (non-hydrogen) atoms. The molecule has 4 heteroatoms. The molecular formula is C24H22O4. The number of ether oxygens (including phenoxy) is 3. The lowest BCUT2D eigenvalue weighted by molar-refractivity contribution is -0.151. The highest BCUT2D eigenvalue weighted by atomic mass is 16.7. The average molecular weight is 374 g/mol. The van der Waals surface area contributed by atoms with E-state index in [1.807, 2.05) is 85.8 Å². The molecule has 0 saturated carbocycles. The van der Waals surface area contributed by atoms with Crippen molar-refractivity contribution < 1.29 is 19.0 Å². The molecule has 0 spiro atoms. The molecule has 0 fully saturated rings. The SMILES string of the molecule is CC(Cc1ccc2c(c1)OCO2)C(=O)OC(c1ccccc1)c1ccccc1. The molecule has 1 aliphatic rings. The molecule has 0 N–H and O–H groups in total. The summed E-state index contributed by atoms with van der Waals surface area (Å²) in [7, 11) is 0. The van der Waals surface area contributed by atoms with Crippen molar-refractivity contribution in [3.05, 3.63) is 95.6 Å². The Morgan fingerprint density at radius 2 is 1.50 bits per heavy atom. The summed E-state index contributed by atoms with van der Waals surface area (Å²) in [6.07, 6.45) is 0.153. The maximum Gasteiger partial charge on any atom is 0.309 e. The summed E-state index contributed by atoms with van der Waals surface area (Å²) >= 11 is 0. The molecule has 0 amide bonds. The van der Waals surface area contributed by atoms with Crippen LogP contribution in [0.15, 0.2) is 78.9 Å². The van der Waals surface area contributed by atoms with Crippen molar-refractivity contribution in [2.75, 3.05) is 6.79 Å². The largest absolute Gasteiger partial charge is 0.454 e. The zero-order valence-corrected chi connectivity index (χ0v) is 15.7. The Balaban J connectivity index is 1.49. The standard InChI is InChI=1S/C24H22O4/c1-17(14-18-12-13-21-22(15-18)27-16-26-21)24(25)28-23(19-8-4-2-5-9-19)20-10-6-3-7-11-20/h2-13,15,17,23H,14,16H2,1H3. The van der Waals surface area contributed by atoms with Crippen LogP contribution in [0.1, 0.15) is 29.7 Å². The third-order valence-corrected chi connectivity index (χ3v) is 4.82. The highest BCUT2D eigenvalue weighted by molar-refractivity contribution is 5.73. The fourth-order valence-corrected chi connectivity index (χ4v) is 3.32. The first-order valence-electron chi connectivity index (χ1n) is 9.39. The molecule has 4 rings (SSSR count). The summed E-state index contributed by atoms with van der Waals surface area (Å²) in [6, 6.07) is 25.4. The smallest absolute Gasteiger partial charge is 0.309 e. The summed E-state index contributed by atoms with van der Waals surface area (Å²) in [5.74, 6) is 0.961. The van der Waals surface area contributed by atoms with Crippen LogP contribution in [0.5, 0.6) is 11.5 Å². The van der Waals surface area contributed by atoms with Gasteiger partial charge in [0.05, 0.1) is 5.92 Å². The van der Waals surface area contributed by atoms with Gasteiger partial charge in [-0.1, -0.05) is 73.7 Å². The van der Waals surface area contributed by atoms with Crippen LogP contribution in [0.4, 0.5) is 0 Å². The van der Waals surface area contributed by atoms with E-state index < -0.39 is 6.10 Å². The van der Waals surface area contributed by atoms with Crippen LogP contribution >= 0.6 is 0 Å². The van der Waals surface area contributed by atoms with Crippen molar-refractivity contribution in [2.24, 2.45) is 5.92 Å². The summed E-state index contributed by atoms with van der Waals surface area (Å²) in [5, 5.41) is 0. The Morgan fingerprint density at radius 1 is 0.893 bits per heavy atom. The molecule has 0 aliphatic carbocycles. The van der Waals surface area contributed by atoms with Gasteiger partial charge in [-0.15, -0.1) is 0 Å².